The number of nitrogens with zero attached hydrogens (tertiary/aromatic N) is 2. The van der Waals surface area contributed by atoms with E-state index in [0.29, 0.717) is 0 Å². The highest BCUT2D eigenvalue weighted by atomic mass is 16.3. The molecule has 0 bridgehead atoms. The number of anilines is 3. The molecule has 0 fully saturated rings. The highest BCUT2D eigenvalue weighted by Crippen LogP contribution is 2.65. The van der Waals surface area contributed by atoms with Gasteiger partial charge in [-0.05, 0) is 232 Å². The number of hydrogen-bond donors (Lipinski definition) is 0. The lowest BCUT2D eigenvalue weighted by atomic mass is 9.70. The molecule has 0 spiro atoms. The van der Waals surface area contributed by atoms with E-state index in [-0.39, 0.29) is 16.2 Å². The number of benzene rings is 14. The van der Waals surface area contributed by atoms with Crippen LogP contribution in [-0.4, -0.2) is 4.57 Å². The Morgan fingerprint density at radius 1 is 0.287 bits per heavy atom. The fourth-order valence-corrected chi connectivity index (χ4v) is 22.9. The first kappa shape index (κ1) is 70.0. The SMILES string of the molecule is CCCCCCCC1(CCCCCCC)c2ccccc2-c2ccc(-c3ccc4c(c3)C(C)(C)c3cc(-c5cc6c(c7c5oc5ccccc57)-c5ccc(N(c7ccc8c(c7)C(C)(C)c7c9c(c%10oc%11ccccc%11c%10c7-8)-c7ccccc7C9(C)C)c7ccc8c(c7)c7ccccc7n8-c7ccccc7)cc5C6(C)C)ccc3-4)cc21. The number of unbranched alkanes of at least 4 members (excludes halogenated alkanes) is 8. The summed E-state index contributed by atoms with van der Waals surface area (Å²) in [5.74, 6) is 0. The minimum atomic E-state index is -0.433. The van der Waals surface area contributed by atoms with E-state index < -0.39 is 10.8 Å². The van der Waals surface area contributed by atoms with E-state index in [1.165, 1.54) is 226 Å². The summed E-state index contributed by atoms with van der Waals surface area (Å²) < 4.78 is 16.9. The van der Waals surface area contributed by atoms with Crippen LogP contribution < -0.4 is 4.90 Å². The average molecular weight is 1490 g/mol. The molecule has 5 aliphatic rings. The maximum atomic E-state index is 7.31. The molecule has 0 saturated heterocycles. The Hall–Kier alpha value is -11.7. The Bertz CT molecular complexity index is 6940. The van der Waals surface area contributed by atoms with Gasteiger partial charge in [0, 0.05) is 93.3 Å². The smallest absolute Gasteiger partial charge is 0.144 e. The van der Waals surface area contributed by atoms with Crippen molar-refractivity contribution in [2.24, 2.45) is 0 Å². The van der Waals surface area contributed by atoms with Gasteiger partial charge in [-0.2, -0.15) is 0 Å². The van der Waals surface area contributed by atoms with E-state index in [0.717, 1.165) is 61.4 Å². The zero-order chi connectivity index (χ0) is 77.8. The Kier molecular flexibility index (Phi) is 15.6. The fraction of sp³-hybridized carbons (Fsp3) is 0.243. The molecule has 0 radical (unpaired) electrons. The lowest BCUT2D eigenvalue weighted by Gasteiger charge is -2.33. The minimum absolute atomic E-state index is 0.0218. The molecule has 0 amide bonds. The standard InChI is InChI=1S/C111H98N2O2/c1-11-13-15-17-32-58-111(59-33-18-16-14-12-2)87-42-28-22-36-74(87)77-53-47-68(61-92(77)111)67-46-52-75-76-54-48-69(62-89(76)107(3,4)88(75)60-67)84-66-93-98(100-82-39-25-30-44-96(82)114-105(84)100)80-55-49-72(64-90(80)108(93,5)6)112(71-51-57-95-85(63-71)78-37-24-29-43-94(78)113(95)70-34-20-19-21-35-70)73-50-56-81-91(65-73)110(9,10)103-99(81)101-83-40-26-31-45-97(83)115-106(101)102-79-38-23-27-41-86(79)109(7,8)104(102)103/h19-31,34-57,60-66H,11-18,32-33,58-59H2,1-10H3. The van der Waals surface area contributed by atoms with E-state index in [1.807, 2.05) is 0 Å². The van der Waals surface area contributed by atoms with E-state index >= 15 is 0 Å². The van der Waals surface area contributed by atoms with Crippen LogP contribution in [0.2, 0.25) is 0 Å². The lowest BCUT2D eigenvalue weighted by Crippen LogP contribution is -2.25. The van der Waals surface area contributed by atoms with Crippen molar-refractivity contribution in [3.63, 3.8) is 0 Å². The van der Waals surface area contributed by atoms with Crippen LogP contribution in [0.3, 0.4) is 0 Å². The van der Waals surface area contributed by atoms with Crippen molar-refractivity contribution >= 4 is 82.7 Å². The van der Waals surface area contributed by atoms with Gasteiger partial charge in [-0.15, -0.1) is 0 Å². The van der Waals surface area contributed by atoms with Crippen molar-refractivity contribution in [1.29, 1.82) is 0 Å². The molecule has 115 heavy (non-hydrogen) atoms. The summed E-state index contributed by atoms with van der Waals surface area (Å²) in [4.78, 5) is 2.56. The molecular weight excluding hydrogens is 1390 g/mol. The van der Waals surface area contributed by atoms with E-state index in [4.69, 9.17) is 8.83 Å². The van der Waals surface area contributed by atoms with Crippen molar-refractivity contribution in [1.82, 2.24) is 4.57 Å². The van der Waals surface area contributed by atoms with Gasteiger partial charge in [-0.25, -0.2) is 0 Å². The molecule has 0 atom stereocenters. The number of aromatic nitrogens is 1. The number of rotatable bonds is 18. The lowest BCUT2D eigenvalue weighted by molar-refractivity contribution is 0.399. The second-order valence-electron chi connectivity index (χ2n) is 36.4. The van der Waals surface area contributed by atoms with Gasteiger partial charge in [-0.3, -0.25) is 0 Å². The Labute approximate surface area is 676 Å². The summed E-state index contributed by atoms with van der Waals surface area (Å²) in [5.41, 5.74) is 41.1. The monoisotopic (exact) mass is 1490 g/mol. The van der Waals surface area contributed by atoms with Crippen LogP contribution in [0.5, 0.6) is 0 Å². The van der Waals surface area contributed by atoms with E-state index in [9.17, 15) is 0 Å². The largest absolute Gasteiger partial charge is 0.455 e. The number of hydrogen-bond acceptors (Lipinski definition) is 3. The van der Waals surface area contributed by atoms with Crippen LogP contribution in [0.1, 0.15) is 202 Å². The van der Waals surface area contributed by atoms with Crippen molar-refractivity contribution in [2.75, 3.05) is 4.90 Å². The van der Waals surface area contributed by atoms with Crippen LogP contribution >= 0.6 is 0 Å². The molecule has 564 valence electrons. The number of furan rings is 2. The number of fused-ring (bicyclic) bond motifs is 28. The third kappa shape index (κ3) is 9.96. The summed E-state index contributed by atoms with van der Waals surface area (Å²) in [6.07, 6.45) is 15.4. The molecule has 4 heteroatoms. The molecule has 0 N–H and O–H groups in total. The molecule has 0 saturated carbocycles. The first-order valence-corrected chi connectivity index (χ1v) is 42.8. The Morgan fingerprint density at radius 2 is 0.730 bits per heavy atom. The zero-order valence-electron chi connectivity index (χ0n) is 68.1. The van der Waals surface area contributed by atoms with Crippen molar-refractivity contribution in [3.8, 4) is 83.6 Å². The summed E-state index contributed by atoms with van der Waals surface area (Å²) in [5, 5.41) is 7.11. The summed E-state index contributed by atoms with van der Waals surface area (Å²) in [6, 6.07) is 102. The van der Waals surface area contributed by atoms with E-state index in [1.54, 1.807) is 11.1 Å². The van der Waals surface area contributed by atoms with Gasteiger partial charge in [0.05, 0.1) is 11.0 Å². The van der Waals surface area contributed by atoms with Crippen LogP contribution in [0.4, 0.5) is 17.1 Å². The van der Waals surface area contributed by atoms with E-state index in [2.05, 4.69) is 346 Å². The maximum Gasteiger partial charge on any atom is 0.144 e. The van der Waals surface area contributed by atoms with Crippen molar-refractivity contribution < 1.29 is 8.83 Å². The van der Waals surface area contributed by atoms with Gasteiger partial charge >= 0.3 is 0 Å². The van der Waals surface area contributed by atoms with Gasteiger partial charge < -0.3 is 18.3 Å². The molecule has 14 aromatic carbocycles. The first-order valence-electron chi connectivity index (χ1n) is 42.8. The maximum absolute atomic E-state index is 7.31. The second kappa shape index (κ2) is 25.6. The molecule has 17 aromatic rings. The zero-order valence-corrected chi connectivity index (χ0v) is 68.1. The second-order valence-corrected chi connectivity index (χ2v) is 36.4. The minimum Gasteiger partial charge on any atom is -0.455 e. The fourth-order valence-electron chi connectivity index (χ4n) is 22.9. The van der Waals surface area contributed by atoms with Crippen LogP contribution in [0.15, 0.2) is 276 Å². The highest BCUT2D eigenvalue weighted by molar-refractivity contribution is 6.22. The predicted octanol–water partition coefficient (Wildman–Crippen LogP) is 31.6. The average Bonchev–Trinajstić information content (AvgIpc) is 1.50. The topological polar surface area (TPSA) is 34.5 Å². The summed E-state index contributed by atoms with van der Waals surface area (Å²) >= 11 is 0. The Morgan fingerprint density at radius 3 is 1.40 bits per heavy atom. The Balaban J connectivity index is 0.670. The molecule has 0 unspecified atom stereocenters. The molecule has 4 nitrogen and oxygen atoms in total. The molecular formula is C111H98N2O2. The normalized spacial score (nSPS) is 15.5. The van der Waals surface area contributed by atoms with Gasteiger partial charge in [0.15, 0.2) is 0 Å². The molecule has 3 heterocycles. The van der Waals surface area contributed by atoms with Gasteiger partial charge in [0.25, 0.3) is 0 Å². The third-order valence-electron chi connectivity index (χ3n) is 28.6. The van der Waals surface area contributed by atoms with Gasteiger partial charge in [-0.1, -0.05) is 303 Å². The van der Waals surface area contributed by atoms with Crippen LogP contribution in [0, 0.1) is 0 Å². The van der Waals surface area contributed by atoms with Crippen molar-refractivity contribution in [2.45, 2.75) is 173 Å². The van der Waals surface area contributed by atoms with Crippen molar-refractivity contribution in [3.05, 3.63) is 323 Å². The molecule has 5 aliphatic carbocycles. The molecule has 22 rings (SSSR count). The van der Waals surface area contributed by atoms with Gasteiger partial charge in [0.1, 0.15) is 22.3 Å². The highest BCUT2D eigenvalue weighted by Gasteiger charge is 2.50. The van der Waals surface area contributed by atoms with Gasteiger partial charge in [0.2, 0.25) is 0 Å². The summed E-state index contributed by atoms with van der Waals surface area (Å²) in [6.45, 7) is 24.3. The third-order valence-corrected chi connectivity index (χ3v) is 28.6. The van der Waals surface area contributed by atoms with Crippen LogP contribution in [-0.2, 0) is 27.1 Å². The molecule has 3 aromatic heterocycles. The number of para-hydroxylation sites is 4. The summed E-state index contributed by atoms with van der Waals surface area (Å²) in [7, 11) is 0. The van der Waals surface area contributed by atoms with Crippen LogP contribution in [0.25, 0.3) is 149 Å². The quantitative estimate of drug-likeness (QED) is 0.0803. The first-order chi connectivity index (χ1) is 56.0. The molecule has 0 aliphatic heterocycles. The predicted molar refractivity (Wildman–Crippen MR) is 484 cm³/mol.